The second-order valence-corrected chi connectivity index (χ2v) is 8.85. The fourth-order valence-electron chi connectivity index (χ4n) is 3.71. The lowest BCUT2D eigenvalue weighted by Crippen LogP contribution is -2.54. The molecule has 4 rings (SSSR count). The second kappa shape index (κ2) is 11.2. The lowest BCUT2D eigenvalue weighted by Gasteiger charge is -2.26. The summed E-state index contributed by atoms with van der Waals surface area (Å²) in [6, 6.07) is 19.2. The zero-order valence-electron chi connectivity index (χ0n) is 19.9. The molecule has 0 aliphatic carbocycles. The molecule has 7 nitrogen and oxygen atoms in total. The number of halogens is 1. The summed E-state index contributed by atoms with van der Waals surface area (Å²) in [5, 5.41) is 2.25. The summed E-state index contributed by atoms with van der Waals surface area (Å²) in [5.41, 5.74) is 2.84. The van der Waals surface area contributed by atoms with Crippen LogP contribution in [0.4, 0.5) is 10.5 Å². The van der Waals surface area contributed by atoms with Gasteiger partial charge in [-0.1, -0.05) is 59.3 Å². The van der Waals surface area contributed by atoms with E-state index in [1.54, 1.807) is 30.3 Å². The van der Waals surface area contributed by atoms with E-state index in [4.69, 9.17) is 9.47 Å². The molecule has 0 radical (unpaired) electrons. The van der Waals surface area contributed by atoms with Gasteiger partial charge in [0.1, 0.15) is 12.2 Å². The minimum absolute atomic E-state index is 0.154. The van der Waals surface area contributed by atoms with Crippen molar-refractivity contribution >= 4 is 45.5 Å². The number of benzene rings is 3. The van der Waals surface area contributed by atoms with Gasteiger partial charge in [0, 0.05) is 10.0 Å². The molecule has 1 saturated heterocycles. The minimum atomic E-state index is -0.780. The lowest BCUT2D eigenvalue weighted by molar-refractivity contribution is -0.122. The van der Waals surface area contributed by atoms with Crippen molar-refractivity contribution in [3.05, 3.63) is 93.5 Å². The normalized spacial score (nSPS) is 14.7. The molecule has 1 aliphatic heterocycles. The van der Waals surface area contributed by atoms with Gasteiger partial charge in [0.15, 0.2) is 11.5 Å². The van der Waals surface area contributed by atoms with Crippen LogP contribution in [0, 0.1) is 0 Å². The topological polar surface area (TPSA) is 84.9 Å². The highest BCUT2D eigenvalue weighted by atomic mass is 79.9. The van der Waals surface area contributed by atoms with E-state index >= 15 is 0 Å². The number of imide groups is 2. The average molecular weight is 549 g/mol. The van der Waals surface area contributed by atoms with Crippen LogP contribution < -0.4 is 19.7 Å². The van der Waals surface area contributed by atoms with E-state index in [-0.39, 0.29) is 5.57 Å². The van der Waals surface area contributed by atoms with Gasteiger partial charge in [-0.05, 0) is 60.9 Å². The van der Waals surface area contributed by atoms with Crippen LogP contribution in [0.3, 0.4) is 0 Å². The van der Waals surface area contributed by atoms with Gasteiger partial charge in [-0.2, -0.15) is 0 Å². The van der Waals surface area contributed by atoms with E-state index in [2.05, 4.69) is 21.2 Å². The van der Waals surface area contributed by atoms with Gasteiger partial charge in [0.2, 0.25) is 0 Å². The maximum atomic E-state index is 13.2. The number of urea groups is 1. The molecule has 0 saturated carbocycles. The van der Waals surface area contributed by atoms with Crippen molar-refractivity contribution in [2.24, 2.45) is 0 Å². The van der Waals surface area contributed by atoms with Gasteiger partial charge in [-0.15, -0.1) is 0 Å². The quantitative estimate of drug-likeness (QED) is 0.290. The third kappa shape index (κ3) is 5.49. The number of anilines is 1. The Morgan fingerprint density at radius 3 is 2.36 bits per heavy atom. The molecule has 1 aliphatic rings. The van der Waals surface area contributed by atoms with Crippen molar-refractivity contribution in [3.63, 3.8) is 0 Å². The molecule has 0 spiro atoms. The molecule has 0 aromatic heterocycles. The van der Waals surface area contributed by atoms with E-state index in [1.165, 1.54) is 6.08 Å². The largest absolute Gasteiger partial charge is 0.490 e. The molecule has 36 heavy (non-hydrogen) atoms. The maximum absolute atomic E-state index is 13.2. The molecule has 4 amide bonds. The van der Waals surface area contributed by atoms with Crippen LogP contribution in [0.25, 0.3) is 6.08 Å². The van der Waals surface area contributed by atoms with E-state index in [0.717, 1.165) is 26.9 Å². The molecular weight excluding hydrogens is 524 g/mol. The number of amides is 4. The van der Waals surface area contributed by atoms with E-state index in [1.807, 2.05) is 50.2 Å². The molecule has 0 atom stereocenters. The molecule has 0 bridgehead atoms. The molecule has 1 heterocycles. The minimum Gasteiger partial charge on any atom is -0.490 e. The summed E-state index contributed by atoms with van der Waals surface area (Å²) in [5.74, 6) is -0.438. The predicted octanol–water partition coefficient (Wildman–Crippen LogP) is 5.66. The first kappa shape index (κ1) is 25.2. The van der Waals surface area contributed by atoms with Crippen molar-refractivity contribution < 1.29 is 23.9 Å². The summed E-state index contributed by atoms with van der Waals surface area (Å²) in [4.78, 5) is 39.2. The Morgan fingerprint density at radius 2 is 1.67 bits per heavy atom. The van der Waals surface area contributed by atoms with Crippen molar-refractivity contribution in [3.8, 4) is 11.5 Å². The first-order valence-corrected chi connectivity index (χ1v) is 12.3. The van der Waals surface area contributed by atoms with Crippen LogP contribution in [-0.2, 0) is 22.6 Å². The number of nitrogens with zero attached hydrogens (tertiary/aromatic N) is 1. The molecular formula is C28H25BrN2O5. The first-order valence-electron chi connectivity index (χ1n) is 11.5. The Balaban J connectivity index is 1.61. The van der Waals surface area contributed by atoms with E-state index in [0.29, 0.717) is 36.0 Å². The van der Waals surface area contributed by atoms with Crippen molar-refractivity contribution in [1.82, 2.24) is 5.32 Å². The molecule has 1 N–H and O–H groups in total. The lowest BCUT2D eigenvalue weighted by atomic mass is 10.1. The first-order chi connectivity index (χ1) is 17.4. The fraction of sp³-hybridized carbons (Fsp3) is 0.179. The molecule has 0 unspecified atom stereocenters. The summed E-state index contributed by atoms with van der Waals surface area (Å²) in [6.45, 7) is 4.60. The van der Waals surface area contributed by atoms with Gasteiger partial charge in [-0.25, -0.2) is 9.69 Å². The van der Waals surface area contributed by atoms with Crippen LogP contribution in [0.1, 0.15) is 30.5 Å². The number of rotatable bonds is 8. The third-order valence-corrected chi connectivity index (χ3v) is 6.40. The molecule has 3 aromatic rings. The number of aryl methyl sites for hydroxylation is 1. The van der Waals surface area contributed by atoms with Gasteiger partial charge in [0.25, 0.3) is 11.8 Å². The zero-order valence-corrected chi connectivity index (χ0v) is 21.5. The predicted molar refractivity (Wildman–Crippen MR) is 141 cm³/mol. The standard InChI is InChI=1S/C28H25BrN2O5/c1-3-18-9-12-21(13-10-18)31-27(33)22(26(32)30-28(31)34)15-19-11-14-24(25(16-19)35-4-2)36-17-20-7-5-6-8-23(20)29/h5-16H,3-4,17H2,1-2H3,(H,30,32,34)/b22-15+. The zero-order chi connectivity index (χ0) is 25.7. The third-order valence-electron chi connectivity index (χ3n) is 5.62. The van der Waals surface area contributed by atoms with Crippen molar-refractivity contribution in [2.75, 3.05) is 11.5 Å². The highest BCUT2D eigenvalue weighted by Gasteiger charge is 2.36. The number of carbonyl (C=O) groups excluding carboxylic acids is 3. The van der Waals surface area contributed by atoms with Crippen molar-refractivity contribution in [2.45, 2.75) is 26.9 Å². The Labute approximate surface area is 217 Å². The van der Waals surface area contributed by atoms with Crippen LogP contribution >= 0.6 is 15.9 Å². The van der Waals surface area contributed by atoms with Crippen molar-refractivity contribution in [1.29, 1.82) is 0 Å². The SMILES string of the molecule is CCOc1cc(/C=C2\C(=O)NC(=O)N(c3ccc(CC)cc3)C2=O)ccc1OCc1ccccc1Br. The van der Waals surface area contributed by atoms with Crippen LogP contribution in [0.5, 0.6) is 11.5 Å². The number of carbonyl (C=O) groups is 3. The number of nitrogens with one attached hydrogen (secondary N) is 1. The highest BCUT2D eigenvalue weighted by molar-refractivity contribution is 9.10. The summed E-state index contributed by atoms with van der Waals surface area (Å²) in [6.07, 6.45) is 2.27. The molecule has 8 heteroatoms. The highest BCUT2D eigenvalue weighted by Crippen LogP contribution is 2.31. The van der Waals surface area contributed by atoms with Gasteiger partial charge in [-0.3, -0.25) is 14.9 Å². The Kier molecular flexibility index (Phi) is 7.85. The van der Waals surface area contributed by atoms with Crippen LogP contribution in [0.2, 0.25) is 0 Å². The number of hydrogen-bond donors (Lipinski definition) is 1. The summed E-state index contributed by atoms with van der Waals surface area (Å²) >= 11 is 3.51. The van der Waals surface area contributed by atoms with E-state index in [9.17, 15) is 14.4 Å². The Morgan fingerprint density at radius 1 is 0.917 bits per heavy atom. The maximum Gasteiger partial charge on any atom is 0.335 e. The van der Waals surface area contributed by atoms with Crippen LogP contribution in [0.15, 0.2) is 76.8 Å². The van der Waals surface area contributed by atoms with Gasteiger partial charge >= 0.3 is 6.03 Å². The summed E-state index contributed by atoms with van der Waals surface area (Å²) < 4.78 is 12.7. The van der Waals surface area contributed by atoms with Gasteiger partial charge < -0.3 is 9.47 Å². The van der Waals surface area contributed by atoms with Gasteiger partial charge in [0.05, 0.1) is 12.3 Å². The fourth-order valence-corrected chi connectivity index (χ4v) is 4.11. The molecule has 3 aromatic carbocycles. The Bertz CT molecular complexity index is 1330. The monoisotopic (exact) mass is 548 g/mol. The number of barbiturate groups is 1. The Hall–Kier alpha value is -3.91. The summed E-state index contributed by atoms with van der Waals surface area (Å²) in [7, 11) is 0. The number of ether oxygens (including phenoxy) is 2. The van der Waals surface area contributed by atoms with Crippen LogP contribution in [-0.4, -0.2) is 24.5 Å². The molecule has 184 valence electrons. The smallest absolute Gasteiger partial charge is 0.335 e. The molecule has 1 fully saturated rings. The average Bonchev–Trinajstić information content (AvgIpc) is 2.87. The second-order valence-electron chi connectivity index (χ2n) is 8.00. The number of hydrogen-bond acceptors (Lipinski definition) is 5. The van der Waals surface area contributed by atoms with E-state index < -0.39 is 17.8 Å².